The van der Waals surface area contributed by atoms with Crippen LogP contribution in [-0.2, 0) is 4.79 Å². The number of para-hydroxylation sites is 1. The Labute approximate surface area is 126 Å². The van der Waals surface area contributed by atoms with Crippen molar-refractivity contribution >= 4 is 22.6 Å². The number of ether oxygens (including phenoxy) is 1. The fourth-order valence-corrected chi connectivity index (χ4v) is 2.11. The van der Waals surface area contributed by atoms with Gasteiger partial charge in [-0.1, -0.05) is 18.2 Å². The second kappa shape index (κ2) is 5.77. The summed E-state index contributed by atoms with van der Waals surface area (Å²) in [5, 5.41) is 2.76. The van der Waals surface area contributed by atoms with Gasteiger partial charge in [-0.2, -0.15) is 0 Å². The lowest BCUT2D eigenvalue weighted by Crippen LogP contribution is -2.30. The van der Waals surface area contributed by atoms with E-state index in [1.807, 2.05) is 18.2 Å². The highest BCUT2D eigenvalue weighted by atomic mass is 16.5. The van der Waals surface area contributed by atoms with Gasteiger partial charge in [-0.05, 0) is 37.3 Å². The summed E-state index contributed by atoms with van der Waals surface area (Å²) in [6, 6.07) is 14.3. The Morgan fingerprint density at radius 2 is 1.82 bits per heavy atom. The number of carbonyl (C=O) groups excluding carboxylic acids is 1. The lowest BCUT2D eigenvalue weighted by molar-refractivity contribution is -0.122. The quantitative estimate of drug-likeness (QED) is 0.690. The smallest absolute Gasteiger partial charge is 0.323 e. The molecule has 1 unspecified atom stereocenters. The maximum atomic E-state index is 12.1. The number of hydrogen-bond donors (Lipinski definition) is 3. The number of benzene rings is 2. The predicted molar refractivity (Wildman–Crippen MR) is 84.1 cm³/mol. The van der Waals surface area contributed by atoms with Crippen molar-refractivity contribution in [2.24, 2.45) is 0 Å². The van der Waals surface area contributed by atoms with Crippen LogP contribution in [0.25, 0.3) is 11.0 Å². The molecule has 0 saturated heterocycles. The average Bonchev–Trinajstić information content (AvgIpc) is 2.87. The zero-order chi connectivity index (χ0) is 15.5. The van der Waals surface area contributed by atoms with E-state index in [4.69, 9.17) is 4.74 Å². The summed E-state index contributed by atoms with van der Waals surface area (Å²) in [5.74, 6) is 0.372. The molecule has 112 valence electrons. The number of aromatic nitrogens is 2. The fourth-order valence-electron chi connectivity index (χ4n) is 2.11. The van der Waals surface area contributed by atoms with Crippen molar-refractivity contribution in [3.05, 3.63) is 59.0 Å². The summed E-state index contributed by atoms with van der Waals surface area (Å²) in [6.07, 6.45) is -0.636. The zero-order valence-corrected chi connectivity index (χ0v) is 11.9. The number of aromatic amines is 2. The molecule has 0 aliphatic rings. The Hall–Kier alpha value is -3.02. The first-order valence-corrected chi connectivity index (χ1v) is 6.86. The molecule has 0 spiro atoms. The summed E-state index contributed by atoms with van der Waals surface area (Å²) in [4.78, 5) is 28.7. The van der Waals surface area contributed by atoms with Crippen LogP contribution in [0.2, 0.25) is 0 Å². The third-order valence-electron chi connectivity index (χ3n) is 3.21. The number of amides is 1. The van der Waals surface area contributed by atoms with Crippen molar-refractivity contribution in [1.82, 2.24) is 9.97 Å². The van der Waals surface area contributed by atoms with E-state index in [0.717, 1.165) is 0 Å². The van der Waals surface area contributed by atoms with Crippen LogP contribution in [0.3, 0.4) is 0 Å². The van der Waals surface area contributed by atoms with Crippen molar-refractivity contribution in [2.45, 2.75) is 13.0 Å². The normalized spacial score (nSPS) is 12.0. The number of rotatable bonds is 4. The molecular formula is C16H15N3O3. The molecular weight excluding hydrogens is 282 g/mol. The van der Waals surface area contributed by atoms with Gasteiger partial charge in [0.05, 0.1) is 11.0 Å². The lowest BCUT2D eigenvalue weighted by atomic mass is 10.2. The number of carbonyl (C=O) groups is 1. The minimum atomic E-state index is -0.636. The molecule has 3 aromatic rings. The van der Waals surface area contributed by atoms with Gasteiger partial charge < -0.3 is 20.0 Å². The molecule has 0 radical (unpaired) electrons. The first-order chi connectivity index (χ1) is 10.6. The maximum absolute atomic E-state index is 12.1. The Balaban J connectivity index is 1.70. The SMILES string of the molecule is CC(Oc1ccccc1)C(=O)Nc1ccc2[nH]c(=O)[nH]c2c1. The Morgan fingerprint density at radius 3 is 2.59 bits per heavy atom. The van der Waals surface area contributed by atoms with Crippen LogP contribution in [0.5, 0.6) is 5.75 Å². The molecule has 1 atom stereocenters. The molecule has 1 amide bonds. The number of H-pyrrole nitrogens is 2. The minimum absolute atomic E-state index is 0.263. The summed E-state index contributed by atoms with van der Waals surface area (Å²) < 4.78 is 5.56. The van der Waals surface area contributed by atoms with Crippen molar-refractivity contribution < 1.29 is 9.53 Å². The lowest BCUT2D eigenvalue weighted by Gasteiger charge is -2.14. The zero-order valence-electron chi connectivity index (χ0n) is 11.9. The predicted octanol–water partition coefficient (Wildman–Crippen LogP) is 2.26. The van der Waals surface area contributed by atoms with Crippen LogP contribution in [0.4, 0.5) is 5.69 Å². The van der Waals surface area contributed by atoms with E-state index in [9.17, 15) is 9.59 Å². The molecule has 3 N–H and O–H groups in total. The third-order valence-corrected chi connectivity index (χ3v) is 3.21. The first kappa shape index (κ1) is 13.9. The molecule has 6 nitrogen and oxygen atoms in total. The number of hydrogen-bond acceptors (Lipinski definition) is 3. The van der Waals surface area contributed by atoms with Crippen LogP contribution in [-0.4, -0.2) is 22.0 Å². The second-order valence-corrected chi connectivity index (χ2v) is 4.90. The van der Waals surface area contributed by atoms with Gasteiger partial charge in [0.1, 0.15) is 5.75 Å². The van der Waals surface area contributed by atoms with Crippen LogP contribution >= 0.6 is 0 Å². The van der Waals surface area contributed by atoms with Crippen molar-refractivity contribution in [2.75, 3.05) is 5.32 Å². The van der Waals surface area contributed by atoms with E-state index in [-0.39, 0.29) is 11.6 Å². The van der Waals surface area contributed by atoms with Crippen LogP contribution < -0.4 is 15.7 Å². The Morgan fingerprint density at radius 1 is 1.09 bits per heavy atom. The minimum Gasteiger partial charge on any atom is -0.481 e. The maximum Gasteiger partial charge on any atom is 0.323 e. The highest BCUT2D eigenvalue weighted by Crippen LogP contribution is 2.16. The summed E-state index contributed by atoms with van der Waals surface area (Å²) in [6.45, 7) is 1.68. The van der Waals surface area contributed by atoms with Gasteiger partial charge in [-0.25, -0.2) is 4.79 Å². The molecule has 6 heteroatoms. The molecule has 1 heterocycles. The van der Waals surface area contributed by atoms with Gasteiger partial charge >= 0.3 is 5.69 Å². The standard InChI is InChI=1S/C16H15N3O3/c1-10(22-12-5-3-2-4-6-12)15(20)17-11-7-8-13-14(9-11)19-16(21)18-13/h2-10H,1H3,(H,17,20)(H2,18,19,21). The fraction of sp³-hybridized carbons (Fsp3) is 0.125. The number of fused-ring (bicyclic) bond motifs is 1. The monoisotopic (exact) mass is 297 g/mol. The molecule has 0 aliphatic heterocycles. The van der Waals surface area contributed by atoms with Gasteiger partial charge in [0.25, 0.3) is 5.91 Å². The molecule has 0 saturated carbocycles. The Bertz CT molecular complexity index is 852. The molecule has 1 aromatic heterocycles. The van der Waals surface area contributed by atoms with Gasteiger partial charge in [0.2, 0.25) is 0 Å². The van der Waals surface area contributed by atoms with Gasteiger partial charge in [-0.3, -0.25) is 4.79 Å². The van der Waals surface area contributed by atoms with Gasteiger partial charge in [0.15, 0.2) is 6.10 Å². The number of anilines is 1. The molecule has 0 aliphatic carbocycles. The largest absolute Gasteiger partial charge is 0.481 e. The van der Waals surface area contributed by atoms with Crippen LogP contribution in [0.15, 0.2) is 53.3 Å². The third kappa shape index (κ3) is 3.01. The van der Waals surface area contributed by atoms with Gasteiger partial charge in [0, 0.05) is 5.69 Å². The number of imidazole rings is 1. The highest BCUT2D eigenvalue weighted by molar-refractivity contribution is 5.95. The highest BCUT2D eigenvalue weighted by Gasteiger charge is 2.15. The summed E-state index contributed by atoms with van der Waals surface area (Å²) >= 11 is 0. The second-order valence-electron chi connectivity index (χ2n) is 4.90. The number of nitrogens with one attached hydrogen (secondary N) is 3. The summed E-state index contributed by atoms with van der Waals surface area (Å²) in [5.41, 5.74) is 1.64. The molecule has 3 rings (SSSR count). The van der Waals surface area contributed by atoms with E-state index < -0.39 is 6.10 Å². The van der Waals surface area contributed by atoms with Crippen molar-refractivity contribution in [3.63, 3.8) is 0 Å². The van der Waals surface area contributed by atoms with E-state index in [0.29, 0.717) is 22.5 Å². The summed E-state index contributed by atoms with van der Waals surface area (Å²) in [7, 11) is 0. The molecule has 22 heavy (non-hydrogen) atoms. The first-order valence-electron chi connectivity index (χ1n) is 6.86. The van der Waals surface area contributed by atoms with E-state index in [1.165, 1.54) is 0 Å². The molecule has 0 bridgehead atoms. The van der Waals surface area contributed by atoms with E-state index in [2.05, 4.69) is 15.3 Å². The van der Waals surface area contributed by atoms with Crippen molar-refractivity contribution in [3.8, 4) is 5.75 Å². The van der Waals surface area contributed by atoms with E-state index in [1.54, 1.807) is 37.3 Å². The topological polar surface area (TPSA) is 87.0 Å². The van der Waals surface area contributed by atoms with Crippen LogP contribution in [0, 0.1) is 0 Å². The Kier molecular flexibility index (Phi) is 3.65. The van der Waals surface area contributed by atoms with Gasteiger partial charge in [-0.15, -0.1) is 0 Å². The van der Waals surface area contributed by atoms with Crippen molar-refractivity contribution in [1.29, 1.82) is 0 Å². The molecule has 2 aromatic carbocycles. The average molecular weight is 297 g/mol. The van der Waals surface area contributed by atoms with Crippen LogP contribution in [0.1, 0.15) is 6.92 Å². The van der Waals surface area contributed by atoms with E-state index >= 15 is 0 Å². The molecule has 0 fully saturated rings.